The van der Waals surface area contributed by atoms with Crippen LogP contribution in [-0.4, -0.2) is 69.6 Å². The van der Waals surface area contributed by atoms with Crippen molar-refractivity contribution in [1.82, 2.24) is 24.9 Å². The van der Waals surface area contributed by atoms with E-state index in [1.165, 1.54) is 0 Å². The van der Waals surface area contributed by atoms with Gasteiger partial charge in [0, 0.05) is 37.3 Å². The average molecular weight is 432 g/mol. The minimum absolute atomic E-state index is 0.0722. The molecule has 0 radical (unpaired) electrons. The van der Waals surface area contributed by atoms with Gasteiger partial charge in [0.05, 0.1) is 23.3 Å². The van der Waals surface area contributed by atoms with E-state index in [0.717, 1.165) is 30.9 Å². The molecule has 1 atom stereocenters. The van der Waals surface area contributed by atoms with Gasteiger partial charge in [0.2, 0.25) is 0 Å². The molecule has 2 aliphatic rings. The van der Waals surface area contributed by atoms with Gasteiger partial charge in [0.1, 0.15) is 11.6 Å². The molecule has 3 heterocycles. The highest BCUT2D eigenvalue weighted by Crippen LogP contribution is 2.41. The number of anilines is 1. The Labute approximate surface area is 179 Å². The molecule has 4 rings (SSSR count). The zero-order chi connectivity index (χ0) is 22.5. The van der Waals surface area contributed by atoms with Crippen molar-refractivity contribution in [2.24, 2.45) is 0 Å². The van der Waals surface area contributed by atoms with E-state index >= 15 is 0 Å². The van der Waals surface area contributed by atoms with Crippen LogP contribution < -0.4 is 5.32 Å². The molecule has 1 fully saturated rings. The summed E-state index contributed by atoms with van der Waals surface area (Å²) in [4.78, 5) is 31.7. The monoisotopic (exact) mass is 432 g/mol. The van der Waals surface area contributed by atoms with Gasteiger partial charge in [0.15, 0.2) is 5.82 Å². The molecule has 0 aliphatic carbocycles. The minimum Gasteiger partial charge on any atom is -0.319 e. The lowest BCUT2D eigenvalue weighted by Gasteiger charge is -2.43. The van der Waals surface area contributed by atoms with Gasteiger partial charge < -0.3 is 20.0 Å². The van der Waals surface area contributed by atoms with E-state index in [4.69, 9.17) is 0 Å². The molecule has 0 bridgehead atoms. The van der Waals surface area contributed by atoms with E-state index in [0.29, 0.717) is 18.2 Å². The van der Waals surface area contributed by atoms with E-state index in [-0.39, 0.29) is 30.0 Å². The second-order valence-electron chi connectivity index (χ2n) is 8.74. The molecule has 0 spiro atoms. The SMILES string of the molecule is C[C@H]1CN(C)CCN1C(=O)N1Cc2c(NC(=O)c3ccc(F)cc3F)n[nH]c2C1(C)C. The molecule has 31 heavy (non-hydrogen) atoms. The van der Waals surface area contributed by atoms with Gasteiger partial charge >= 0.3 is 6.03 Å². The zero-order valence-corrected chi connectivity index (χ0v) is 18.0. The molecule has 8 nitrogen and oxygen atoms in total. The number of urea groups is 1. The third-order valence-electron chi connectivity index (χ3n) is 6.18. The number of nitrogens with one attached hydrogen (secondary N) is 2. The number of amides is 3. The predicted octanol–water partition coefficient (Wildman–Crippen LogP) is 2.75. The van der Waals surface area contributed by atoms with E-state index < -0.39 is 23.1 Å². The number of benzene rings is 1. The fraction of sp³-hybridized carbons (Fsp3) is 0.476. The first-order valence-electron chi connectivity index (χ1n) is 10.2. The summed E-state index contributed by atoms with van der Waals surface area (Å²) in [6, 6.07) is 2.77. The maximum absolute atomic E-state index is 14.0. The van der Waals surface area contributed by atoms with Gasteiger partial charge in [-0.25, -0.2) is 13.6 Å². The van der Waals surface area contributed by atoms with Crippen LogP contribution in [0.4, 0.5) is 19.4 Å². The Balaban J connectivity index is 1.55. The Kier molecular flexibility index (Phi) is 5.20. The van der Waals surface area contributed by atoms with Crippen molar-refractivity contribution in [2.75, 3.05) is 32.0 Å². The van der Waals surface area contributed by atoms with Crippen LogP contribution >= 0.6 is 0 Å². The summed E-state index contributed by atoms with van der Waals surface area (Å²) in [5, 5.41) is 9.68. The summed E-state index contributed by atoms with van der Waals surface area (Å²) in [6.45, 7) is 8.38. The third kappa shape index (κ3) is 3.65. The zero-order valence-electron chi connectivity index (χ0n) is 18.0. The van der Waals surface area contributed by atoms with Crippen molar-refractivity contribution in [3.05, 3.63) is 46.7 Å². The molecular formula is C21H26F2N6O2. The van der Waals surface area contributed by atoms with Crippen LogP contribution in [0.1, 0.15) is 42.4 Å². The van der Waals surface area contributed by atoms with Crippen molar-refractivity contribution >= 4 is 17.8 Å². The van der Waals surface area contributed by atoms with Crippen molar-refractivity contribution in [2.45, 2.75) is 38.9 Å². The van der Waals surface area contributed by atoms with E-state index in [9.17, 15) is 18.4 Å². The first-order chi connectivity index (χ1) is 14.6. The van der Waals surface area contributed by atoms with Crippen LogP contribution in [0.15, 0.2) is 18.2 Å². The fourth-order valence-electron chi connectivity index (χ4n) is 4.35. The number of rotatable bonds is 2. The van der Waals surface area contributed by atoms with Gasteiger partial charge in [-0.3, -0.25) is 9.89 Å². The Morgan fingerprint density at radius 3 is 2.68 bits per heavy atom. The lowest BCUT2D eigenvalue weighted by Crippen LogP contribution is -2.58. The summed E-state index contributed by atoms with van der Waals surface area (Å²) in [7, 11) is 2.04. The van der Waals surface area contributed by atoms with Gasteiger partial charge in [-0.15, -0.1) is 0 Å². The average Bonchev–Trinajstić information content (AvgIpc) is 3.19. The Bertz CT molecular complexity index is 1040. The number of hydrogen-bond acceptors (Lipinski definition) is 4. The van der Waals surface area contributed by atoms with E-state index in [2.05, 4.69) is 20.4 Å². The number of piperazine rings is 1. The van der Waals surface area contributed by atoms with Crippen LogP contribution in [0.25, 0.3) is 0 Å². The lowest BCUT2D eigenvalue weighted by molar-refractivity contribution is 0.0661. The number of halogens is 2. The second kappa shape index (κ2) is 7.60. The molecular weight excluding hydrogens is 406 g/mol. The number of aromatic amines is 1. The van der Waals surface area contributed by atoms with Crippen molar-refractivity contribution in [3.63, 3.8) is 0 Å². The number of likely N-dealkylation sites (N-methyl/N-ethyl adjacent to an activating group) is 1. The Hall–Kier alpha value is -3.01. The van der Waals surface area contributed by atoms with E-state index in [1.807, 2.05) is 32.7 Å². The number of carbonyl (C=O) groups is 2. The summed E-state index contributed by atoms with van der Waals surface area (Å²) >= 11 is 0. The molecule has 166 valence electrons. The lowest BCUT2D eigenvalue weighted by atomic mass is 10.0. The second-order valence-corrected chi connectivity index (χ2v) is 8.74. The largest absolute Gasteiger partial charge is 0.321 e. The van der Waals surface area contributed by atoms with Gasteiger partial charge in [-0.2, -0.15) is 5.10 Å². The Morgan fingerprint density at radius 1 is 1.26 bits per heavy atom. The molecule has 0 unspecified atom stereocenters. The molecule has 2 N–H and O–H groups in total. The van der Waals surface area contributed by atoms with Crippen molar-refractivity contribution in [1.29, 1.82) is 0 Å². The van der Waals surface area contributed by atoms with E-state index in [1.54, 1.807) is 4.90 Å². The highest BCUT2D eigenvalue weighted by atomic mass is 19.1. The predicted molar refractivity (Wildman–Crippen MR) is 111 cm³/mol. The van der Waals surface area contributed by atoms with Gasteiger partial charge in [-0.1, -0.05) is 0 Å². The molecule has 3 amide bonds. The summed E-state index contributed by atoms with van der Waals surface area (Å²) in [5.41, 5.74) is 0.454. The summed E-state index contributed by atoms with van der Waals surface area (Å²) < 4.78 is 27.1. The van der Waals surface area contributed by atoms with Crippen molar-refractivity contribution < 1.29 is 18.4 Å². The topological polar surface area (TPSA) is 84.6 Å². The molecule has 2 aromatic rings. The number of aromatic nitrogens is 2. The molecule has 2 aliphatic heterocycles. The third-order valence-corrected chi connectivity index (χ3v) is 6.18. The van der Waals surface area contributed by atoms with Crippen LogP contribution in [-0.2, 0) is 12.1 Å². The molecule has 1 aromatic heterocycles. The fourth-order valence-corrected chi connectivity index (χ4v) is 4.35. The maximum atomic E-state index is 14.0. The van der Waals surface area contributed by atoms with Crippen LogP contribution in [0, 0.1) is 11.6 Å². The van der Waals surface area contributed by atoms with Crippen LogP contribution in [0.3, 0.4) is 0 Å². The quantitative estimate of drug-likeness (QED) is 0.764. The number of carbonyl (C=O) groups excluding carboxylic acids is 2. The number of H-pyrrole nitrogens is 1. The van der Waals surface area contributed by atoms with Crippen LogP contribution in [0.5, 0.6) is 0 Å². The number of nitrogens with zero attached hydrogens (tertiary/aromatic N) is 4. The molecule has 1 aromatic carbocycles. The van der Waals surface area contributed by atoms with Crippen molar-refractivity contribution in [3.8, 4) is 0 Å². The standard InChI is InChI=1S/C21H26F2N6O2/c1-12-10-27(4)7-8-28(12)20(31)29-11-15-17(21(29,2)3)25-26-18(15)24-19(30)14-6-5-13(22)9-16(14)23/h5-6,9,12H,7-8,10-11H2,1-4H3,(H2,24,25,26,30)/t12-/m0/s1. The number of hydrogen-bond donors (Lipinski definition) is 2. The molecule has 1 saturated heterocycles. The smallest absolute Gasteiger partial charge is 0.319 e. The summed E-state index contributed by atoms with van der Waals surface area (Å²) in [6.07, 6.45) is 0. The summed E-state index contributed by atoms with van der Waals surface area (Å²) in [5.74, 6) is -2.21. The highest BCUT2D eigenvalue weighted by molar-refractivity contribution is 6.04. The van der Waals surface area contributed by atoms with Crippen LogP contribution in [0.2, 0.25) is 0 Å². The highest BCUT2D eigenvalue weighted by Gasteiger charge is 2.46. The molecule has 0 saturated carbocycles. The van der Waals surface area contributed by atoms with Gasteiger partial charge in [0.25, 0.3) is 5.91 Å². The normalized spacial score (nSPS) is 20.6. The maximum Gasteiger partial charge on any atom is 0.321 e. The molecule has 10 heteroatoms. The van der Waals surface area contributed by atoms with Gasteiger partial charge in [-0.05, 0) is 40.0 Å². The number of fused-ring (bicyclic) bond motifs is 1. The first kappa shape index (κ1) is 21.2. The Morgan fingerprint density at radius 2 is 2.00 bits per heavy atom. The minimum atomic E-state index is -0.953. The first-order valence-corrected chi connectivity index (χ1v) is 10.2.